The first-order chi connectivity index (χ1) is 14.6. The van der Waals surface area contributed by atoms with Gasteiger partial charge in [-0.2, -0.15) is 0 Å². The Bertz CT molecular complexity index is 1050. The van der Waals surface area contributed by atoms with Gasteiger partial charge < -0.3 is 15.0 Å². The third-order valence-electron chi connectivity index (χ3n) is 4.99. The Labute approximate surface area is 183 Å². The average molecular weight is 465 g/mol. The fourth-order valence-electron chi connectivity index (χ4n) is 3.43. The molecule has 0 bridgehead atoms. The number of nitrogens with one attached hydrogen (secondary N) is 1. The van der Waals surface area contributed by atoms with Gasteiger partial charge in [0.1, 0.15) is 0 Å². The van der Waals surface area contributed by atoms with E-state index in [9.17, 15) is 9.59 Å². The maximum absolute atomic E-state index is 13.3. The molecular weight excluding hydrogens is 444 g/mol. The SMILES string of the molecule is O=C(Nc1ccc(N2CCOCC2)c(C(=O)c2ccccc2)c1)c1ccc(Br)cc1. The maximum atomic E-state index is 13.3. The number of anilines is 2. The third-order valence-corrected chi connectivity index (χ3v) is 5.52. The van der Waals surface area contributed by atoms with E-state index >= 15 is 0 Å². The fraction of sp³-hybridized carbons (Fsp3) is 0.167. The van der Waals surface area contributed by atoms with Gasteiger partial charge in [-0.15, -0.1) is 0 Å². The van der Waals surface area contributed by atoms with E-state index in [0.717, 1.165) is 23.2 Å². The van der Waals surface area contributed by atoms with Crippen LogP contribution < -0.4 is 10.2 Å². The smallest absolute Gasteiger partial charge is 0.255 e. The molecule has 0 saturated carbocycles. The molecule has 0 radical (unpaired) electrons. The van der Waals surface area contributed by atoms with Crippen molar-refractivity contribution in [3.63, 3.8) is 0 Å². The number of benzene rings is 3. The van der Waals surface area contributed by atoms with Crippen LogP contribution in [-0.2, 0) is 4.74 Å². The lowest BCUT2D eigenvalue weighted by molar-refractivity contribution is 0.102. The van der Waals surface area contributed by atoms with Crippen molar-refractivity contribution in [2.24, 2.45) is 0 Å². The Morgan fingerprint density at radius 2 is 1.57 bits per heavy atom. The zero-order valence-corrected chi connectivity index (χ0v) is 17.9. The lowest BCUT2D eigenvalue weighted by atomic mass is 10.00. The number of halogens is 1. The molecule has 1 amide bonds. The molecule has 3 aromatic carbocycles. The number of rotatable bonds is 5. The van der Waals surface area contributed by atoms with E-state index in [4.69, 9.17) is 4.74 Å². The molecule has 0 atom stereocenters. The molecule has 0 unspecified atom stereocenters. The molecule has 4 rings (SSSR count). The van der Waals surface area contributed by atoms with Crippen molar-refractivity contribution >= 4 is 39.0 Å². The van der Waals surface area contributed by atoms with Crippen molar-refractivity contribution in [3.05, 3.63) is 94.0 Å². The monoisotopic (exact) mass is 464 g/mol. The number of carbonyl (C=O) groups excluding carboxylic acids is 2. The van der Waals surface area contributed by atoms with Crippen molar-refractivity contribution in [1.29, 1.82) is 0 Å². The van der Waals surface area contributed by atoms with Crippen molar-refractivity contribution in [3.8, 4) is 0 Å². The number of carbonyl (C=O) groups is 2. The highest BCUT2D eigenvalue weighted by Gasteiger charge is 2.21. The highest BCUT2D eigenvalue weighted by molar-refractivity contribution is 9.10. The molecule has 5 nitrogen and oxygen atoms in total. The summed E-state index contributed by atoms with van der Waals surface area (Å²) in [5.41, 5.74) is 3.17. The zero-order chi connectivity index (χ0) is 20.9. The molecule has 1 N–H and O–H groups in total. The summed E-state index contributed by atoms with van der Waals surface area (Å²) < 4.78 is 6.36. The summed E-state index contributed by atoms with van der Waals surface area (Å²) >= 11 is 3.37. The van der Waals surface area contributed by atoms with Gasteiger partial charge in [0.25, 0.3) is 5.91 Å². The normalized spacial score (nSPS) is 13.7. The minimum atomic E-state index is -0.222. The van der Waals surface area contributed by atoms with Crippen molar-refractivity contribution in [1.82, 2.24) is 0 Å². The summed E-state index contributed by atoms with van der Waals surface area (Å²) in [6.07, 6.45) is 0. The van der Waals surface area contributed by atoms with Gasteiger partial charge in [-0.05, 0) is 42.5 Å². The molecule has 1 aliphatic heterocycles. The molecule has 152 valence electrons. The number of ketones is 1. The van der Waals surface area contributed by atoms with Crippen LogP contribution in [0.2, 0.25) is 0 Å². The van der Waals surface area contributed by atoms with Crippen LogP contribution in [0.25, 0.3) is 0 Å². The molecule has 0 spiro atoms. The first-order valence-electron chi connectivity index (χ1n) is 9.75. The van der Waals surface area contributed by atoms with E-state index in [1.807, 2.05) is 42.5 Å². The molecule has 1 fully saturated rings. The van der Waals surface area contributed by atoms with Crippen LogP contribution in [0.1, 0.15) is 26.3 Å². The van der Waals surface area contributed by atoms with Crippen LogP contribution in [0.15, 0.2) is 77.3 Å². The Hall–Kier alpha value is -2.96. The number of amides is 1. The fourth-order valence-corrected chi connectivity index (χ4v) is 3.69. The van der Waals surface area contributed by atoms with Crippen LogP contribution in [0.5, 0.6) is 0 Å². The lowest BCUT2D eigenvalue weighted by Crippen LogP contribution is -2.37. The molecule has 1 heterocycles. The topological polar surface area (TPSA) is 58.6 Å². The van der Waals surface area contributed by atoms with Crippen LogP contribution >= 0.6 is 15.9 Å². The number of morpholine rings is 1. The second-order valence-electron chi connectivity index (χ2n) is 6.99. The Morgan fingerprint density at radius 3 is 2.27 bits per heavy atom. The van der Waals surface area contributed by atoms with E-state index in [2.05, 4.69) is 26.1 Å². The van der Waals surface area contributed by atoms with Crippen LogP contribution in [0.4, 0.5) is 11.4 Å². The number of ether oxygens (including phenoxy) is 1. The van der Waals surface area contributed by atoms with Gasteiger partial charge in [-0.25, -0.2) is 0 Å². The third kappa shape index (κ3) is 4.61. The predicted octanol–water partition coefficient (Wildman–Crippen LogP) is 4.77. The van der Waals surface area contributed by atoms with E-state index in [1.54, 1.807) is 30.3 Å². The minimum Gasteiger partial charge on any atom is -0.378 e. The van der Waals surface area contributed by atoms with Gasteiger partial charge in [0.05, 0.1) is 13.2 Å². The predicted molar refractivity (Wildman–Crippen MR) is 121 cm³/mol. The minimum absolute atomic E-state index is 0.0724. The first-order valence-corrected chi connectivity index (χ1v) is 10.5. The molecular formula is C24H21BrN2O3. The molecule has 0 aliphatic carbocycles. The van der Waals surface area contributed by atoms with Gasteiger partial charge >= 0.3 is 0 Å². The van der Waals surface area contributed by atoms with Crippen LogP contribution in [-0.4, -0.2) is 38.0 Å². The molecule has 30 heavy (non-hydrogen) atoms. The van der Waals surface area contributed by atoms with Gasteiger partial charge in [0.15, 0.2) is 5.78 Å². The second kappa shape index (κ2) is 9.24. The quantitative estimate of drug-likeness (QED) is 0.552. The molecule has 1 saturated heterocycles. The summed E-state index contributed by atoms with van der Waals surface area (Å²) in [4.78, 5) is 28.1. The maximum Gasteiger partial charge on any atom is 0.255 e. The number of hydrogen-bond acceptors (Lipinski definition) is 4. The summed E-state index contributed by atoms with van der Waals surface area (Å²) in [6.45, 7) is 2.70. The first kappa shape index (κ1) is 20.3. The highest BCUT2D eigenvalue weighted by Crippen LogP contribution is 2.28. The lowest BCUT2D eigenvalue weighted by Gasteiger charge is -2.30. The van der Waals surface area contributed by atoms with Crippen molar-refractivity contribution in [2.45, 2.75) is 0 Å². The molecule has 3 aromatic rings. The van der Waals surface area contributed by atoms with Gasteiger partial charge in [0.2, 0.25) is 0 Å². The van der Waals surface area contributed by atoms with Gasteiger partial charge in [-0.1, -0.05) is 46.3 Å². The van der Waals surface area contributed by atoms with Gasteiger partial charge in [0, 0.05) is 45.6 Å². The van der Waals surface area contributed by atoms with E-state index in [1.165, 1.54) is 0 Å². The summed E-state index contributed by atoms with van der Waals surface area (Å²) in [6, 6.07) is 21.8. The van der Waals surface area contributed by atoms with E-state index < -0.39 is 0 Å². The molecule has 0 aromatic heterocycles. The second-order valence-corrected chi connectivity index (χ2v) is 7.90. The average Bonchev–Trinajstić information content (AvgIpc) is 2.80. The van der Waals surface area contributed by atoms with Crippen molar-refractivity contribution in [2.75, 3.05) is 36.5 Å². The highest BCUT2D eigenvalue weighted by atomic mass is 79.9. The molecule has 6 heteroatoms. The Balaban J connectivity index is 1.66. The molecule has 1 aliphatic rings. The Kier molecular flexibility index (Phi) is 6.26. The summed E-state index contributed by atoms with van der Waals surface area (Å²) in [5, 5.41) is 2.90. The summed E-state index contributed by atoms with van der Waals surface area (Å²) in [7, 11) is 0. The number of nitrogens with zero attached hydrogens (tertiary/aromatic N) is 1. The standard InChI is InChI=1S/C24H21BrN2O3/c25-19-8-6-18(7-9-19)24(29)26-20-10-11-22(27-12-14-30-15-13-27)21(16-20)23(28)17-4-2-1-3-5-17/h1-11,16H,12-15H2,(H,26,29). The van der Waals surface area contributed by atoms with Crippen LogP contribution in [0.3, 0.4) is 0 Å². The number of hydrogen-bond donors (Lipinski definition) is 1. The van der Waals surface area contributed by atoms with E-state index in [-0.39, 0.29) is 11.7 Å². The Morgan fingerprint density at radius 1 is 0.867 bits per heavy atom. The largest absolute Gasteiger partial charge is 0.378 e. The van der Waals surface area contributed by atoms with Crippen molar-refractivity contribution < 1.29 is 14.3 Å². The van der Waals surface area contributed by atoms with Crippen LogP contribution in [0, 0.1) is 0 Å². The zero-order valence-electron chi connectivity index (χ0n) is 16.3. The van der Waals surface area contributed by atoms with E-state index in [0.29, 0.717) is 35.6 Å². The van der Waals surface area contributed by atoms with Gasteiger partial charge in [-0.3, -0.25) is 9.59 Å². The summed E-state index contributed by atoms with van der Waals surface area (Å²) in [5.74, 6) is -0.295.